The number of hydrogen-bond donors (Lipinski definition) is 1. The Bertz CT molecular complexity index is 348. The highest BCUT2D eigenvalue weighted by Gasteiger charge is 2.16. The molecule has 1 aliphatic rings. The van der Waals surface area contributed by atoms with Crippen molar-refractivity contribution in [2.75, 3.05) is 13.1 Å². The Morgan fingerprint density at radius 1 is 1.25 bits per heavy atom. The summed E-state index contributed by atoms with van der Waals surface area (Å²) in [4.78, 5) is 2.14. The van der Waals surface area contributed by atoms with E-state index in [2.05, 4.69) is 4.90 Å². The van der Waals surface area contributed by atoms with Gasteiger partial charge in [-0.1, -0.05) is 0 Å². The Hall–Kier alpha value is -1.00. The fourth-order valence-corrected chi connectivity index (χ4v) is 2.20. The minimum Gasteiger partial charge on any atom is -0.327 e. The SMILES string of the molecule is N[C@@H]1CCCN(Cc2cc(F)cc(F)c2)C1. The molecule has 0 unspecified atom stereocenters. The Morgan fingerprint density at radius 3 is 2.56 bits per heavy atom. The van der Waals surface area contributed by atoms with E-state index in [-0.39, 0.29) is 6.04 Å². The molecule has 1 aromatic carbocycles. The van der Waals surface area contributed by atoms with E-state index in [0.29, 0.717) is 12.1 Å². The molecule has 0 aromatic heterocycles. The van der Waals surface area contributed by atoms with Gasteiger partial charge < -0.3 is 5.73 Å². The van der Waals surface area contributed by atoms with Crippen LogP contribution in [0.1, 0.15) is 18.4 Å². The third kappa shape index (κ3) is 3.00. The van der Waals surface area contributed by atoms with Crippen LogP contribution in [0.4, 0.5) is 8.78 Å². The van der Waals surface area contributed by atoms with Gasteiger partial charge in [0.1, 0.15) is 11.6 Å². The molecule has 1 atom stereocenters. The molecule has 1 heterocycles. The number of hydrogen-bond acceptors (Lipinski definition) is 2. The van der Waals surface area contributed by atoms with Crippen molar-refractivity contribution >= 4 is 0 Å². The minimum atomic E-state index is -0.517. The number of halogens is 2. The lowest BCUT2D eigenvalue weighted by molar-refractivity contribution is 0.201. The molecule has 1 fully saturated rings. The summed E-state index contributed by atoms with van der Waals surface area (Å²) < 4.78 is 26.0. The highest BCUT2D eigenvalue weighted by molar-refractivity contribution is 5.17. The summed E-state index contributed by atoms with van der Waals surface area (Å²) in [6, 6.07) is 3.84. The predicted molar refractivity (Wildman–Crippen MR) is 58.8 cm³/mol. The first kappa shape index (κ1) is 11.5. The van der Waals surface area contributed by atoms with Crippen LogP contribution in [0, 0.1) is 11.6 Å². The van der Waals surface area contributed by atoms with Crippen molar-refractivity contribution in [1.82, 2.24) is 4.90 Å². The van der Waals surface area contributed by atoms with E-state index in [1.165, 1.54) is 12.1 Å². The highest BCUT2D eigenvalue weighted by atomic mass is 19.1. The maximum atomic E-state index is 13.0. The van der Waals surface area contributed by atoms with E-state index in [9.17, 15) is 8.78 Å². The molecule has 1 aliphatic heterocycles. The first-order valence-corrected chi connectivity index (χ1v) is 5.56. The molecule has 0 bridgehead atoms. The van der Waals surface area contributed by atoms with Gasteiger partial charge in [-0.05, 0) is 37.1 Å². The molecular weight excluding hydrogens is 210 g/mol. The quantitative estimate of drug-likeness (QED) is 0.834. The predicted octanol–water partition coefficient (Wildman–Crippen LogP) is 1.89. The van der Waals surface area contributed by atoms with E-state index in [4.69, 9.17) is 5.73 Å². The lowest BCUT2D eigenvalue weighted by Gasteiger charge is -2.30. The smallest absolute Gasteiger partial charge is 0.126 e. The fraction of sp³-hybridized carbons (Fsp3) is 0.500. The summed E-state index contributed by atoms with van der Waals surface area (Å²) in [5.74, 6) is -1.03. The first-order chi connectivity index (χ1) is 7.63. The summed E-state index contributed by atoms with van der Waals surface area (Å²) in [6.07, 6.45) is 2.09. The molecule has 2 N–H and O–H groups in total. The molecule has 16 heavy (non-hydrogen) atoms. The summed E-state index contributed by atoms with van der Waals surface area (Å²) in [6.45, 7) is 2.33. The lowest BCUT2D eigenvalue weighted by Crippen LogP contribution is -2.42. The summed E-state index contributed by atoms with van der Waals surface area (Å²) in [5, 5.41) is 0. The first-order valence-electron chi connectivity index (χ1n) is 5.56. The Balaban J connectivity index is 2.02. The van der Waals surface area contributed by atoms with Crippen molar-refractivity contribution in [3.63, 3.8) is 0 Å². The van der Waals surface area contributed by atoms with Crippen LogP contribution < -0.4 is 5.73 Å². The highest BCUT2D eigenvalue weighted by Crippen LogP contribution is 2.14. The van der Waals surface area contributed by atoms with Crippen molar-refractivity contribution in [2.45, 2.75) is 25.4 Å². The van der Waals surface area contributed by atoms with E-state index in [0.717, 1.165) is 32.0 Å². The van der Waals surface area contributed by atoms with Crippen LogP contribution in [-0.4, -0.2) is 24.0 Å². The van der Waals surface area contributed by atoms with Crippen molar-refractivity contribution in [3.05, 3.63) is 35.4 Å². The van der Waals surface area contributed by atoms with Gasteiger partial charge in [-0.15, -0.1) is 0 Å². The molecule has 0 spiro atoms. The Morgan fingerprint density at radius 2 is 1.94 bits per heavy atom. The van der Waals surface area contributed by atoms with Crippen molar-refractivity contribution in [1.29, 1.82) is 0 Å². The largest absolute Gasteiger partial charge is 0.327 e. The zero-order valence-corrected chi connectivity index (χ0v) is 9.13. The molecule has 4 heteroatoms. The van der Waals surface area contributed by atoms with Gasteiger partial charge in [-0.2, -0.15) is 0 Å². The number of nitrogens with two attached hydrogens (primary N) is 1. The maximum Gasteiger partial charge on any atom is 0.126 e. The summed E-state index contributed by atoms with van der Waals surface area (Å²) in [7, 11) is 0. The van der Waals surface area contributed by atoms with Gasteiger partial charge in [0.05, 0.1) is 0 Å². The number of rotatable bonds is 2. The molecule has 88 valence electrons. The molecular formula is C12H16F2N2. The second-order valence-electron chi connectivity index (χ2n) is 4.42. The van der Waals surface area contributed by atoms with Crippen molar-refractivity contribution in [3.8, 4) is 0 Å². The van der Waals surface area contributed by atoms with Gasteiger partial charge in [0.15, 0.2) is 0 Å². The number of nitrogens with zero attached hydrogens (tertiary/aromatic N) is 1. The monoisotopic (exact) mass is 226 g/mol. The van der Waals surface area contributed by atoms with Crippen LogP contribution in [-0.2, 0) is 6.54 Å². The number of benzene rings is 1. The third-order valence-corrected chi connectivity index (χ3v) is 2.87. The molecule has 0 aliphatic carbocycles. The third-order valence-electron chi connectivity index (χ3n) is 2.87. The van der Waals surface area contributed by atoms with Gasteiger partial charge in [-0.25, -0.2) is 8.78 Å². The fourth-order valence-electron chi connectivity index (χ4n) is 2.20. The normalized spacial score (nSPS) is 22.3. The van der Waals surface area contributed by atoms with Gasteiger partial charge in [0, 0.05) is 25.2 Å². The van der Waals surface area contributed by atoms with Crippen LogP contribution in [0.15, 0.2) is 18.2 Å². The number of likely N-dealkylation sites (tertiary alicyclic amines) is 1. The van der Waals surface area contributed by atoms with E-state index in [1.54, 1.807) is 0 Å². The molecule has 0 radical (unpaired) electrons. The zero-order valence-electron chi connectivity index (χ0n) is 9.13. The molecule has 0 saturated carbocycles. The van der Waals surface area contributed by atoms with Crippen LogP contribution >= 0.6 is 0 Å². The molecule has 2 rings (SSSR count). The molecule has 1 aromatic rings. The Kier molecular flexibility index (Phi) is 3.51. The van der Waals surface area contributed by atoms with E-state index in [1.807, 2.05) is 0 Å². The second-order valence-corrected chi connectivity index (χ2v) is 4.42. The zero-order chi connectivity index (χ0) is 11.5. The topological polar surface area (TPSA) is 29.3 Å². The summed E-state index contributed by atoms with van der Waals surface area (Å²) >= 11 is 0. The van der Waals surface area contributed by atoms with Gasteiger partial charge in [-0.3, -0.25) is 4.90 Å². The summed E-state index contributed by atoms with van der Waals surface area (Å²) in [5.41, 5.74) is 6.52. The van der Waals surface area contributed by atoms with Crippen molar-refractivity contribution in [2.24, 2.45) is 5.73 Å². The van der Waals surface area contributed by atoms with Crippen molar-refractivity contribution < 1.29 is 8.78 Å². The van der Waals surface area contributed by atoms with Crippen LogP contribution in [0.25, 0.3) is 0 Å². The van der Waals surface area contributed by atoms with Crippen LogP contribution in [0.2, 0.25) is 0 Å². The lowest BCUT2D eigenvalue weighted by atomic mass is 10.1. The van der Waals surface area contributed by atoms with Crippen LogP contribution in [0.5, 0.6) is 0 Å². The van der Waals surface area contributed by atoms with E-state index >= 15 is 0 Å². The van der Waals surface area contributed by atoms with E-state index < -0.39 is 11.6 Å². The second kappa shape index (κ2) is 4.89. The average Bonchev–Trinajstić information content (AvgIpc) is 2.15. The van der Waals surface area contributed by atoms with Crippen LogP contribution in [0.3, 0.4) is 0 Å². The number of piperidine rings is 1. The van der Waals surface area contributed by atoms with Gasteiger partial charge >= 0.3 is 0 Å². The average molecular weight is 226 g/mol. The molecule has 0 amide bonds. The van der Waals surface area contributed by atoms with Gasteiger partial charge in [0.25, 0.3) is 0 Å². The molecule has 1 saturated heterocycles. The minimum absolute atomic E-state index is 0.187. The Labute approximate surface area is 94.0 Å². The molecule has 2 nitrogen and oxygen atoms in total. The maximum absolute atomic E-state index is 13.0. The van der Waals surface area contributed by atoms with Gasteiger partial charge in [0.2, 0.25) is 0 Å². The standard InChI is InChI=1S/C12H16F2N2/c13-10-4-9(5-11(14)6-10)7-16-3-1-2-12(15)8-16/h4-6,12H,1-3,7-8,15H2/t12-/m1/s1.